The summed E-state index contributed by atoms with van der Waals surface area (Å²) < 4.78 is 24.0. The smallest absolute Gasteiger partial charge is 0.292 e. The van der Waals surface area contributed by atoms with Gasteiger partial charge in [-0.05, 0) is 23.9 Å². The van der Waals surface area contributed by atoms with Crippen molar-refractivity contribution in [1.29, 1.82) is 0 Å². The molecule has 1 amide bonds. The van der Waals surface area contributed by atoms with E-state index >= 15 is 0 Å². The highest BCUT2D eigenvalue weighted by Crippen LogP contribution is 2.28. The lowest BCUT2D eigenvalue weighted by Crippen LogP contribution is -2.51. The average molecular weight is 479 g/mol. The molecule has 2 aliphatic heterocycles. The molecule has 3 heterocycles. The van der Waals surface area contributed by atoms with Crippen LogP contribution >= 0.6 is 11.3 Å². The molecule has 4 rings (SSSR count). The van der Waals surface area contributed by atoms with Crippen LogP contribution in [0.3, 0.4) is 0 Å². The molecular formula is C21H26N4O5S2. The SMILES string of the molecule is O=C(CN1CCN(c2ccccc2[N+](=O)[O-])CC1)N(Cc1cccs1)[C@H]1CCS(=O)(=O)C1. The molecule has 9 nitrogen and oxygen atoms in total. The second-order valence-corrected chi connectivity index (χ2v) is 11.4. The van der Waals surface area contributed by atoms with Crippen LogP contribution in [0.15, 0.2) is 41.8 Å². The Labute approximate surface area is 191 Å². The Hall–Kier alpha value is -2.50. The first-order chi connectivity index (χ1) is 15.3. The molecule has 0 bridgehead atoms. The van der Waals surface area contributed by atoms with Crippen LogP contribution in [-0.2, 0) is 21.2 Å². The Balaban J connectivity index is 1.39. The van der Waals surface area contributed by atoms with Crippen LogP contribution in [0.5, 0.6) is 0 Å². The molecule has 0 unspecified atom stereocenters. The van der Waals surface area contributed by atoms with E-state index in [0.717, 1.165) is 4.88 Å². The number of hydrogen-bond donors (Lipinski definition) is 0. The number of benzene rings is 1. The quantitative estimate of drug-likeness (QED) is 0.443. The van der Waals surface area contributed by atoms with Crippen LogP contribution in [0, 0.1) is 10.1 Å². The fourth-order valence-electron chi connectivity index (χ4n) is 4.33. The molecule has 0 spiro atoms. The zero-order valence-corrected chi connectivity index (χ0v) is 19.3. The number of rotatable bonds is 7. The van der Waals surface area contributed by atoms with Gasteiger partial charge in [-0.3, -0.25) is 19.8 Å². The van der Waals surface area contributed by atoms with Gasteiger partial charge in [-0.2, -0.15) is 0 Å². The van der Waals surface area contributed by atoms with E-state index in [9.17, 15) is 23.3 Å². The Kier molecular flexibility index (Phi) is 6.77. The molecule has 2 aliphatic rings. The number of carbonyl (C=O) groups excluding carboxylic acids is 1. The van der Waals surface area contributed by atoms with E-state index in [0.29, 0.717) is 44.8 Å². The number of piperazine rings is 1. The molecule has 1 atom stereocenters. The second-order valence-electron chi connectivity index (χ2n) is 8.17. The van der Waals surface area contributed by atoms with Crippen LogP contribution in [0.2, 0.25) is 0 Å². The van der Waals surface area contributed by atoms with E-state index < -0.39 is 9.84 Å². The molecule has 2 fully saturated rings. The van der Waals surface area contributed by atoms with Gasteiger partial charge in [0, 0.05) is 43.2 Å². The van der Waals surface area contributed by atoms with Crippen LogP contribution < -0.4 is 4.90 Å². The number of anilines is 1. The number of amides is 1. The molecule has 172 valence electrons. The van der Waals surface area contributed by atoms with Crippen molar-refractivity contribution in [3.8, 4) is 0 Å². The average Bonchev–Trinajstić information content (AvgIpc) is 3.41. The molecule has 2 saturated heterocycles. The summed E-state index contributed by atoms with van der Waals surface area (Å²) in [6.07, 6.45) is 0.477. The minimum atomic E-state index is -3.10. The predicted octanol–water partition coefficient (Wildman–Crippen LogP) is 1.99. The third kappa shape index (κ3) is 5.28. The van der Waals surface area contributed by atoms with Crippen molar-refractivity contribution in [3.05, 3.63) is 56.8 Å². The summed E-state index contributed by atoms with van der Waals surface area (Å²) >= 11 is 1.56. The van der Waals surface area contributed by atoms with E-state index in [4.69, 9.17) is 0 Å². The molecule has 0 aliphatic carbocycles. The minimum absolute atomic E-state index is 0.0234. The normalized spacial score (nSPS) is 20.9. The van der Waals surface area contributed by atoms with Gasteiger partial charge in [0.2, 0.25) is 5.91 Å². The highest BCUT2D eigenvalue weighted by Gasteiger charge is 2.35. The van der Waals surface area contributed by atoms with Crippen LogP contribution in [0.4, 0.5) is 11.4 Å². The van der Waals surface area contributed by atoms with Crippen molar-refractivity contribution in [2.24, 2.45) is 0 Å². The lowest BCUT2D eigenvalue weighted by atomic mass is 10.2. The van der Waals surface area contributed by atoms with Crippen LogP contribution in [0.25, 0.3) is 0 Å². The zero-order chi connectivity index (χ0) is 22.7. The van der Waals surface area contributed by atoms with Crippen LogP contribution in [0.1, 0.15) is 11.3 Å². The van der Waals surface area contributed by atoms with E-state index in [1.807, 2.05) is 27.3 Å². The number of thiophene rings is 1. The van der Waals surface area contributed by atoms with Gasteiger partial charge < -0.3 is 9.80 Å². The van der Waals surface area contributed by atoms with Gasteiger partial charge in [-0.1, -0.05) is 18.2 Å². The molecule has 0 N–H and O–H groups in total. The number of hydrogen-bond acceptors (Lipinski definition) is 8. The van der Waals surface area contributed by atoms with E-state index in [1.54, 1.807) is 34.4 Å². The van der Waals surface area contributed by atoms with Gasteiger partial charge >= 0.3 is 0 Å². The summed E-state index contributed by atoms with van der Waals surface area (Å²) in [5, 5.41) is 13.3. The second kappa shape index (κ2) is 9.55. The lowest BCUT2D eigenvalue weighted by Gasteiger charge is -2.37. The fourth-order valence-corrected chi connectivity index (χ4v) is 6.76. The lowest BCUT2D eigenvalue weighted by molar-refractivity contribution is -0.384. The molecule has 0 saturated carbocycles. The number of sulfone groups is 1. The van der Waals surface area contributed by atoms with E-state index in [-0.39, 0.29) is 40.6 Å². The maximum atomic E-state index is 13.2. The number of nitro groups is 1. The maximum Gasteiger partial charge on any atom is 0.292 e. The van der Waals surface area contributed by atoms with Gasteiger partial charge in [0.25, 0.3) is 5.69 Å². The molecule has 11 heteroatoms. The Morgan fingerprint density at radius 3 is 2.53 bits per heavy atom. The first-order valence-corrected chi connectivity index (χ1v) is 13.3. The standard InChI is InChI=1S/C21H26N4O5S2/c26-21(24(14-18-4-3-12-31-18)17-7-13-32(29,30)16-17)15-22-8-10-23(11-9-22)19-5-1-2-6-20(19)25(27)28/h1-6,12,17H,7-11,13-16H2/t17-/m0/s1. The van der Waals surface area contributed by atoms with Crippen molar-refractivity contribution in [1.82, 2.24) is 9.80 Å². The zero-order valence-electron chi connectivity index (χ0n) is 17.6. The van der Waals surface area contributed by atoms with Crippen LogP contribution in [-0.4, -0.2) is 79.3 Å². The monoisotopic (exact) mass is 478 g/mol. The number of nitro benzene ring substituents is 1. The minimum Gasteiger partial charge on any atom is -0.363 e. The first kappa shape index (κ1) is 22.7. The summed E-state index contributed by atoms with van der Waals surface area (Å²) in [5.41, 5.74) is 0.681. The highest BCUT2D eigenvalue weighted by atomic mass is 32.2. The topological polar surface area (TPSA) is 104 Å². The van der Waals surface area contributed by atoms with Crippen molar-refractivity contribution < 1.29 is 18.1 Å². The molecule has 1 aromatic heterocycles. The molecule has 2 aromatic rings. The fraction of sp³-hybridized carbons (Fsp3) is 0.476. The largest absolute Gasteiger partial charge is 0.363 e. The predicted molar refractivity (Wildman–Crippen MR) is 124 cm³/mol. The Morgan fingerprint density at radius 2 is 1.91 bits per heavy atom. The number of para-hydroxylation sites is 2. The van der Waals surface area contributed by atoms with Crippen molar-refractivity contribution in [3.63, 3.8) is 0 Å². The Bertz CT molecular complexity index is 1070. The molecule has 0 radical (unpaired) electrons. The summed E-state index contributed by atoms with van der Waals surface area (Å²) in [6, 6.07) is 10.3. The van der Waals surface area contributed by atoms with Crippen molar-refractivity contribution in [2.75, 3.05) is 49.1 Å². The van der Waals surface area contributed by atoms with Gasteiger partial charge in [0.05, 0.1) is 29.5 Å². The highest BCUT2D eigenvalue weighted by molar-refractivity contribution is 7.91. The van der Waals surface area contributed by atoms with E-state index in [2.05, 4.69) is 0 Å². The van der Waals surface area contributed by atoms with Gasteiger partial charge in [-0.15, -0.1) is 11.3 Å². The summed E-state index contributed by atoms with van der Waals surface area (Å²) in [5.74, 6) is 0.0790. The van der Waals surface area contributed by atoms with Crippen molar-refractivity contribution >= 4 is 38.5 Å². The maximum absolute atomic E-state index is 13.2. The Morgan fingerprint density at radius 1 is 1.16 bits per heavy atom. The summed E-state index contributed by atoms with van der Waals surface area (Å²) in [6.45, 7) is 3.02. The molecule has 32 heavy (non-hydrogen) atoms. The summed E-state index contributed by atoms with van der Waals surface area (Å²) in [4.78, 5) is 31.0. The van der Waals surface area contributed by atoms with E-state index in [1.165, 1.54) is 6.07 Å². The van der Waals surface area contributed by atoms with Crippen molar-refractivity contribution in [2.45, 2.75) is 19.0 Å². The van der Waals surface area contributed by atoms with Gasteiger partial charge in [0.1, 0.15) is 5.69 Å². The van der Waals surface area contributed by atoms with Gasteiger partial charge in [0.15, 0.2) is 9.84 Å². The third-order valence-electron chi connectivity index (χ3n) is 6.03. The number of nitrogens with zero attached hydrogens (tertiary/aromatic N) is 4. The summed E-state index contributed by atoms with van der Waals surface area (Å²) in [7, 11) is -3.10. The third-order valence-corrected chi connectivity index (χ3v) is 8.64. The van der Waals surface area contributed by atoms with Gasteiger partial charge in [-0.25, -0.2) is 8.42 Å². The molecular weight excluding hydrogens is 452 g/mol. The molecule has 1 aromatic carbocycles. The first-order valence-electron chi connectivity index (χ1n) is 10.6. The number of carbonyl (C=O) groups is 1.